The highest BCUT2D eigenvalue weighted by Crippen LogP contribution is 2.33. The Balaban J connectivity index is 2.08. The number of aromatic nitrogens is 2. The second-order valence-corrected chi connectivity index (χ2v) is 3.93. The van der Waals surface area contributed by atoms with E-state index >= 15 is 0 Å². The van der Waals surface area contributed by atoms with Crippen molar-refractivity contribution >= 4 is 10.8 Å². The van der Waals surface area contributed by atoms with Gasteiger partial charge < -0.3 is 9.84 Å². The summed E-state index contributed by atoms with van der Waals surface area (Å²) in [6.07, 6.45) is 4.57. The Morgan fingerprint density at radius 1 is 1.05 bits per heavy atom. The monoisotopic (exact) mass is 256 g/mol. The SMILES string of the molecule is Oc1nccc2cncc(Oc3ccc(F)cc3)c12. The van der Waals surface area contributed by atoms with Gasteiger partial charge in [-0.3, -0.25) is 4.98 Å². The van der Waals surface area contributed by atoms with Gasteiger partial charge in [0.1, 0.15) is 11.6 Å². The van der Waals surface area contributed by atoms with Gasteiger partial charge in [-0.1, -0.05) is 0 Å². The van der Waals surface area contributed by atoms with Crippen molar-refractivity contribution in [3.8, 4) is 17.4 Å². The largest absolute Gasteiger partial charge is 0.493 e. The highest BCUT2D eigenvalue weighted by atomic mass is 19.1. The van der Waals surface area contributed by atoms with E-state index in [1.807, 2.05) is 0 Å². The normalized spacial score (nSPS) is 10.6. The number of halogens is 1. The van der Waals surface area contributed by atoms with Gasteiger partial charge >= 0.3 is 0 Å². The number of aromatic hydroxyl groups is 1. The van der Waals surface area contributed by atoms with Crippen LogP contribution in [0.4, 0.5) is 4.39 Å². The van der Waals surface area contributed by atoms with E-state index in [4.69, 9.17) is 4.74 Å². The zero-order valence-electron chi connectivity index (χ0n) is 9.75. The van der Waals surface area contributed by atoms with Gasteiger partial charge in [0, 0.05) is 17.8 Å². The second-order valence-electron chi connectivity index (χ2n) is 3.93. The van der Waals surface area contributed by atoms with Crippen LogP contribution in [0.5, 0.6) is 17.4 Å². The molecule has 0 amide bonds. The molecule has 0 aliphatic heterocycles. The number of fused-ring (bicyclic) bond motifs is 1. The molecule has 0 bridgehead atoms. The summed E-state index contributed by atoms with van der Waals surface area (Å²) in [6.45, 7) is 0. The molecule has 0 atom stereocenters. The number of hydrogen-bond donors (Lipinski definition) is 1. The summed E-state index contributed by atoms with van der Waals surface area (Å²) >= 11 is 0. The van der Waals surface area contributed by atoms with Crippen LogP contribution in [0.1, 0.15) is 0 Å². The molecular weight excluding hydrogens is 247 g/mol. The van der Waals surface area contributed by atoms with Crippen molar-refractivity contribution in [2.75, 3.05) is 0 Å². The molecule has 0 saturated carbocycles. The van der Waals surface area contributed by atoms with Gasteiger partial charge in [-0.25, -0.2) is 9.37 Å². The molecule has 2 heterocycles. The van der Waals surface area contributed by atoms with E-state index in [0.29, 0.717) is 22.3 Å². The lowest BCUT2D eigenvalue weighted by atomic mass is 10.2. The summed E-state index contributed by atoms with van der Waals surface area (Å²) < 4.78 is 18.4. The summed E-state index contributed by atoms with van der Waals surface area (Å²) in [5.41, 5.74) is 0. The fourth-order valence-electron chi connectivity index (χ4n) is 1.78. The first-order valence-corrected chi connectivity index (χ1v) is 5.59. The molecule has 2 aromatic heterocycles. The number of pyridine rings is 2. The quantitative estimate of drug-likeness (QED) is 0.764. The maximum atomic E-state index is 12.8. The number of rotatable bonds is 2. The smallest absolute Gasteiger partial charge is 0.222 e. The Hall–Kier alpha value is -2.69. The first kappa shape index (κ1) is 11.4. The van der Waals surface area contributed by atoms with Gasteiger partial charge in [-0.15, -0.1) is 0 Å². The standard InChI is InChI=1S/C14H9FN2O2/c15-10-1-3-11(4-2-10)19-12-8-16-7-9-5-6-17-14(18)13(9)12/h1-8H,(H,17,18). The topological polar surface area (TPSA) is 55.2 Å². The van der Waals surface area contributed by atoms with Crippen molar-refractivity contribution in [2.45, 2.75) is 0 Å². The van der Waals surface area contributed by atoms with E-state index in [2.05, 4.69) is 9.97 Å². The van der Waals surface area contributed by atoms with Crippen LogP contribution in [0.15, 0.2) is 48.9 Å². The summed E-state index contributed by atoms with van der Waals surface area (Å²) in [7, 11) is 0. The van der Waals surface area contributed by atoms with Crippen molar-refractivity contribution in [3.05, 3.63) is 54.7 Å². The Morgan fingerprint density at radius 2 is 1.84 bits per heavy atom. The molecule has 0 radical (unpaired) electrons. The molecule has 3 rings (SSSR count). The van der Waals surface area contributed by atoms with E-state index in [0.717, 1.165) is 0 Å². The zero-order valence-corrected chi connectivity index (χ0v) is 9.75. The first-order valence-electron chi connectivity index (χ1n) is 5.59. The van der Waals surface area contributed by atoms with Crippen LogP contribution in [0.3, 0.4) is 0 Å². The van der Waals surface area contributed by atoms with E-state index in [1.165, 1.54) is 36.7 Å². The lowest BCUT2D eigenvalue weighted by molar-refractivity contribution is 0.451. The first-order chi connectivity index (χ1) is 9.24. The molecule has 19 heavy (non-hydrogen) atoms. The van der Waals surface area contributed by atoms with E-state index in [-0.39, 0.29) is 11.7 Å². The zero-order chi connectivity index (χ0) is 13.2. The average molecular weight is 256 g/mol. The molecule has 5 heteroatoms. The Bertz CT molecular complexity index is 724. The summed E-state index contributed by atoms with van der Waals surface area (Å²) in [6, 6.07) is 7.32. The highest BCUT2D eigenvalue weighted by Gasteiger charge is 2.09. The molecule has 0 saturated heterocycles. The molecular formula is C14H9FN2O2. The maximum absolute atomic E-state index is 12.8. The molecule has 0 unspecified atom stereocenters. The van der Waals surface area contributed by atoms with Crippen LogP contribution >= 0.6 is 0 Å². The molecule has 3 aromatic rings. The third-order valence-electron chi connectivity index (χ3n) is 2.66. The maximum Gasteiger partial charge on any atom is 0.222 e. The van der Waals surface area contributed by atoms with E-state index in [1.54, 1.807) is 12.3 Å². The fourth-order valence-corrected chi connectivity index (χ4v) is 1.78. The van der Waals surface area contributed by atoms with E-state index < -0.39 is 0 Å². The second kappa shape index (κ2) is 4.53. The molecule has 0 aliphatic carbocycles. The van der Waals surface area contributed by atoms with Crippen molar-refractivity contribution < 1.29 is 14.2 Å². The molecule has 4 nitrogen and oxygen atoms in total. The molecule has 94 valence electrons. The van der Waals surface area contributed by atoms with E-state index in [9.17, 15) is 9.50 Å². The van der Waals surface area contributed by atoms with Gasteiger partial charge in [0.05, 0.1) is 11.6 Å². The number of nitrogens with zero attached hydrogens (tertiary/aromatic N) is 2. The summed E-state index contributed by atoms with van der Waals surface area (Å²) in [5.74, 6) is 0.360. The van der Waals surface area contributed by atoms with Crippen LogP contribution < -0.4 is 4.74 Å². The predicted octanol–water partition coefficient (Wildman–Crippen LogP) is 3.27. The highest BCUT2D eigenvalue weighted by molar-refractivity contribution is 5.91. The number of ether oxygens (including phenoxy) is 1. The fraction of sp³-hybridized carbons (Fsp3) is 0. The Morgan fingerprint density at radius 3 is 2.63 bits per heavy atom. The summed E-state index contributed by atoms with van der Waals surface area (Å²) in [4.78, 5) is 7.84. The third-order valence-corrected chi connectivity index (χ3v) is 2.66. The lowest BCUT2D eigenvalue weighted by Crippen LogP contribution is -1.89. The van der Waals surface area contributed by atoms with Crippen molar-refractivity contribution in [3.63, 3.8) is 0 Å². The van der Waals surface area contributed by atoms with Crippen molar-refractivity contribution in [2.24, 2.45) is 0 Å². The van der Waals surface area contributed by atoms with Gasteiger partial charge in [-0.05, 0) is 30.3 Å². The van der Waals surface area contributed by atoms with Crippen LogP contribution in [0.2, 0.25) is 0 Å². The predicted molar refractivity (Wildman–Crippen MR) is 67.7 cm³/mol. The van der Waals surface area contributed by atoms with Gasteiger partial charge in [0.15, 0.2) is 5.75 Å². The molecule has 1 aromatic carbocycles. The molecule has 1 N–H and O–H groups in total. The Labute approximate surface area is 108 Å². The number of hydrogen-bond acceptors (Lipinski definition) is 4. The van der Waals surface area contributed by atoms with Crippen LogP contribution in [0, 0.1) is 5.82 Å². The lowest BCUT2D eigenvalue weighted by Gasteiger charge is -2.08. The molecule has 0 aliphatic rings. The number of benzene rings is 1. The van der Waals surface area contributed by atoms with Gasteiger partial charge in [-0.2, -0.15) is 0 Å². The molecule has 0 spiro atoms. The van der Waals surface area contributed by atoms with Crippen LogP contribution in [-0.4, -0.2) is 15.1 Å². The van der Waals surface area contributed by atoms with Gasteiger partial charge in [0.25, 0.3) is 0 Å². The van der Waals surface area contributed by atoms with Crippen molar-refractivity contribution in [1.29, 1.82) is 0 Å². The minimum absolute atomic E-state index is 0.128. The average Bonchev–Trinajstić information content (AvgIpc) is 2.42. The third kappa shape index (κ3) is 2.18. The minimum Gasteiger partial charge on any atom is -0.493 e. The van der Waals surface area contributed by atoms with Gasteiger partial charge in [0.2, 0.25) is 5.88 Å². The Kier molecular flexibility index (Phi) is 2.72. The molecule has 0 fully saturated rings. The van der Waals surface area contributed by atoms with Crippen molar-refractivity contribution in [1.82, 2.24) is 9.97 Å². The van der Waals surface area contributed by atoms with Crippen LogP contribution in [0.25, 0.3) is 10.8 Å². The van der Waals surface area contributed by atoms with Crippen LogP contribution in [-0.2, 0) is 0 Å². The summed E-state index contributed by atoms with van der Waals surface area (Å²) in [5, 5.41) is 11.0. The minimum atomic E-state index is -0.340.